The standard InChI is InChI=1S/C7H6N2OSe/c1-4-2-6(10)9-7(11)5(4)3-8/h2H,1H3,(H2,9,10,11)/p-1. The SMILES string of the molecule is Cc1cc(=O)[nH]c([Se-])c1C#N. The summed E-state index contributed by atoms with van der Waals surface area (Å²) in [6, 6.07) is 3.39. The van der Waals surface area contributed by atoms with Gasteiger partial charge in [-0.15, -0.1) is 0 Å². The molecule has 4 heteroatoms. The molecule has 11 heavy (non-hydrogen) atoms. The van der Waals surface area contributed by atoms with E-state index in [1.54, 1.807) is 6.92 Å². The summed E-state index contributed by atoms with van der Waals surface area (Å²) in [5.74, 6) is 0. The van der Waals surface area contributed by atoms with Crippen molar-refractivity contribution in [2.75, 3.05) is 0 Å². The molecule has 3 nitrogen and oxygen atoms in total. The maximum atomic E-state index is 10.8. The number of pyridine rings is 1. The summed E-state index contributed by atoms with van der Waals surface area (Å²) in [6.45, 7) is 1.73. The molecule has 1 rings (SSSR count). The molecule has 0 radical (unpaired) electrons. The van der Waals surface area contributed by atoms with Crippen molar-refractivity contribution in [1.82, 2.24) is 4.98 Å². The van der Waals surface area contributed by atoms with Crippen molar-refractivity contribution >= 4 is 20.6 Å². The van der Waals surface area contributed by atoms with E-state index in [-0.39, 0.29) is 5.56 Å². The Morgan fingerprint density at radius 1 is 1.73 bits per heavy atom. The van der Waals surface area contributed by atoms with Crippen molar-refractivity contribution in [3.63, 3.8) is 0 Å². The Morgan fingerprint density at radius 2 is 2.36 bits per heavy atom. The topological polar surface area (TPSA) is 56.6 Å². The molecule has 56 valence electrons. The van der Waals surface area contributed by atoms with Crippen LogP contribution in [0.2, 0.25) is 0 Å². The molecule has 0 aliphatic carbocycles. The normalized spacial score (nSPS) is 9.09. The van der Waals surface area contributed by atoms with Gasteiger partial charge < -0.3 is 0 Å². The number of H-pyrrole nitrogens is 1. The van der Waals surface area contributed by atoms with Crippen LogP contribution in [-0.4, -0.2) is 21.0 Å². The number of nitrogens with one attached hydrogen (secondary N) is 1. The molecule has 0 spiro atoms. The van der Waals surface area contributed by atoms with Gasteiger partial charge in [-0.25, -0.2) is 0 Å². The van der Waals surface area contributed by atoms with Gasteiger partial charge in [0, 0.05) is 0 Å². The molecule has 0 aliphatic heterocycles. The van der Waals surface area contributed by atoms with Gasteiger partial charge in [0.05, 0.1) is 0 Å². The van der Waals surface area contributed by atoms with E-state index in [0.717, 1.165) is 0 Å². The summed E-state index contributed by atoms with van der Waals surface area (Å²) in [5.41, 5.74) is 1.02. The minimum atomic E-state index is -0.185. The fraction of sp³-hybridized carbons (Fsp3) is 0.143. The number of rotatable bonds is 0. The predicted molar refractivity (Wildman–Crippen MR) is 41.9 cm³/mol. The second-order valence-electron chi connectivity index (χ2n) is 2.13. The first-order chi connectivity index (χ1) is 5.15. The molecule has 0 unspecified atom stereocenters. The zero-order valence-corrected chi connectivity index (χ0v) is 7.55. The molecule has 1 heterocycles. The van der Waals surface area contributed by atoms with Crippen molar-refractivity contribution in [3.05, 3.63) is 27.5 Å². The minimum absolute atomic E-state index is 0.185. The van der Waals surface area contributed by atoms with Gasteiger partial charge in [0.25, 0.3) is 0 Å². The Morgan fingerprint density at radius 3 is 2.82 bits per heavy atom. The molecule has 1 aromatic rings. The maximum absolute atomic E-state index is 10.8. The molecule has 0 saturated heterocycles. The third-order valence-electron chi connectivity index (χ3n) is 1.32. The van der Waals surface area contributed by atoms with Gasteiger partial charge >= 0.3 is 71.4 Å². The van der Waals surface area contributed by atoms with Crippen LogP contribution in [0, 0.1) is 18.3 Å². The summed E-state index contributed by atoms with van der Waals surface area (Å²) in [4.78, 5) is 13.3. The second-order valence-corrected chi connectivity index (χ2v) is 2.99. The Kier molecular flexibility index (Phi) is 2.13. The van der Waals surface area contributed by atoms with Gasteiger partial charge in [-0.3, -0.25) is 0 Å². The van der Waals surface area contributed by atoms with E-state index in [0.29, 0.717) is 15.7 Å². The van der Waals surface area contributed by atoms with Crippen LogP contribution in [0.4, 0.5) is 0 Å². The number of nitrogens with zero attached hydrogens (tertiary/aromatic N) is 1. The molecule has 1 aromatic heterocycles. The van der Waals surface area contributed by atoms with E-state index in [1.165, 1.54) is 6.07 Å². The van der Waals surface area contributed by atoms with Gasteiger partial charge in [-0.05, 0) is 0 Å². The molecule has 0 bridgehead atoms. The Hall–Kier alpha value is -1.04. The average Bonchev–Trinajstić information content (AvgIpc) is 1.85. The number of nitriles is 1. The Bertz CT molecular complexity index is 349. The molecule has 0 saturated carbocycles. The first-order valence-corrected chi connectivity index (χ1v) is 3.82. The van der Waals surface area contributed by atoms with E-state index in [9.17, 15) is 4.79 Å². The van der Waals surface area contributed by atoms with Gasteiger partial charge in [0.1, 0.15) is 0 Å². The summed E-state index contributed by atoms with van der Waals surface area (Å²) >= 11 is 2.63. The van der Waals surface area contributed by atoms with Crippen LogP contribution >= 0.6 is 0 Å². The summed E-state index contributed by atoms with van der Waals surface area (Å²) in [6.07, 6.45) is 0. The molecule has 0 fully saturated rings. The van der Waals surface area contributed by atoms with Gasteiger partial charge in [0.15, 0.2) is 0 Å². The molecule has 0 aromatic carbocycles. The first-order valence-electron chi connectivity index (χ1n) is 2.96. The van der Waals surface area contributed by atoms with Crippen molar-refractivity contribution < 1.29 is 0 Å². The van der Waals surface area contributed by atoms with E-state index >= 15 is 0 Å². The number of aryl methyl sites for hydroxylation is 1. The zero-order chi connectivity index (χ0) is 8.43. The van der Waals surface area contributed by atoms with Gasteiger partial charge in [0.2, 0.25) is 0 Å². The van der Waals surface area contributed by atoms with E-state index in [4.69, 9.17) is 5.26 Å². The van der Waals surface area contributed by atoms with Crippen LogP contribution in [-0.2, 0) is 0 Å². The number of hydrogen-bond donors (Lipinski definition) is 1. The zero-order valence-electron chi connectivity index (χ0n) is 5.84. The van der Waals surface area contributed by atoms with Crippen LogP contribution in [0.1, 0.15) is 11.1 Å². The fourth-order valence-corrected chi connectivity index (χ4v) is 1.44. The molecule has 1 N–H and O–H groups in total. The number of aromatic amines is 1. The molecular formula is C7H5N2OSe-. The first kappa shape index (κ1) is 8.06. The summed E-state index contributed by atoms with van der Waals surface area (Å²) < 4.78 is 0.512. The number of aromatic nitrogens is 1. The van der Waals surface area contributed by atoms with Crippen LogP contribution in [0.5, 0.6) is 0 Å². The monoisotopic (exact) mass is 213 g/mol. The number of hydrogen-bond acceptors (Lipinski definition) is 2. The van der Waals surface area contributed by atoms with Crippen LogP contribution in [0.3, 0.4) is 0 Å². The molecule has 0 amide bonds. The van der Waals surface area contributed by atoms with E-state index in [1.807, 2.05) is 6.07 Å². The molecular weight excluding hydrogens is 207 g/mol. The van der Waals surface area contributed by atoms with Crippen LogP contribution < -0.4 is 10.2 Å². The summed E-state index contributed by atoms with van der Waals surface area (Å²) in [7, 11) is 0. The van der Waals surface area contributed by atoms with E-state index in [2.05, 4.69) is 21.0 Å². The van der Waals surface area contributed by atoms with Crippen molar-refractivity contribution in [2.45, 2.75) is 6.92 Å². The van der Waals surface area contributed by atoms with Gasteiger partial charge in [-0.2, -0.15) is 0 Å². The summed E-state index contributed by atoms with van der Waals surface area (Å²) in [5, 5.41) is 8.60. The predicted octanol–water partition coefficient (Wildman–Crippen LogP) is -0.651. The van der Waals surface area contributed by atoms with Crippen molar-refractivity contribution in [2.24, 2.45) is 0 Å². The van der Waals surface area contributed by atoms with Crippen LogP contribution in [0.25, 0.3) is 0 Å². The average molecular weight is 212 g/mol. The van der Waals surface area contributed by atoms with Crippen molar-refractivity contribution in [3.8, 4) is 6.07 Å². The Balaban J connectivity index is 3.52. The fourth-order valence-electron chi connectivity index (χ4n) is 0.797. The second kappa shape index (κ2) is 2.91. The Labute approximate surface area is 71.9 Å². The van der Waals surface area contributed by atoms with E-state index < -0.39 is 0 Å². The molecule has 0 atom stereocenters. The van der Waals surface area contributed by atoms with Crippen LogP contribution in [0.15, 0.2) is 10.9 Å². The van der Waals surface area contributed by atoms with Gasteiger partial charge in [-0.1, -0.05) is 0 Å². The third kappa shape index (κ3) is 1.51. The quantitative estimate of drug-likeness (QED) is 0.581. The molecule has 0 aliphatic rings. The third-order valence-corrected chi connectivity index (χ3v) is 1.96. The van der Waals surface area contributed by atoms with Crippen molar-refractivity contribution in [1.29, 1.82) is 5.26 Å².